The third kappa shape index (κ3) is 2.32. The first-order chi connectivity index (χ1) is 9.60. The van der Waals surface area contributed by atoms with Gasteiger partial charge in [-0.3, -0.25) is 9.48 Å². The minimum Gasteiger partial charge on any atom is -0.396 e. The van der Waals surface area contributed by atoms with E-state index in [9.17, 15) is 9.90 Å². The topological polar surface area (TPSA) is 67.6 Å². The van der Waals surface area contributed by atoms with E-state index in [0.717, 1.165) is 12.8 Å². The van der Waals surface area contributed by atoms with Crippen molar-refractivity contribution in [3.8, 4) is 0 Å². The second kappa shape index (κ2) is 5.35. The van der Waals surface area contributed by atoms with E-state index in [-0.39, 0.29) is 30.6 Å². The van der Waals surface area contributed by atoms with E-state index in [1.165, 1.54) is 0 Å². The van der Waals surface area contributed by atoms with Crippen molar-refractivity contribution < 1.29 is 14.6 Å². The first kappa shape index (κ1) is 13.9. The predicted molar refractivity (Wildman–Crippen MR) is 72.6 cm³/mol. The van der Waals surface area contributed by atoms with E-state index in [2.05, 4.69) is 5.10 Å². The standard InChI is InChI=1S/C13H18ClN3O3/c1-16-6-9(14)12(15-16)13(19)17-2-3-20-11-5-8(7-18)4-10(11)17/h6,8,10-11,18H,2-5,7H2,1H3/t8-,10+,11+/m1/s1. The van der Waals surface area contributed by atoms with Gasteiger partial charge in [-0.05, 0) is 18.8 Å². The first-order valence-corrected chi connectivity index (χ1v) is 7.20. The van der Waals surface area contributed by atoms with E-state index in [1.807, 2.05) is 0 Å². The molecule has 0 radical (unpaired) electrons. The van der Waals surface area contributed by atoms with Crippen LogP contribution in [0.2, 0.25) is 5.02 Å². The molecule has 1 saturated heterocycles. The van der Waals surface area contributed by atoms with Crippen LogP contribution in [0.3, 0.4) is 0 Å². The summed E-state index contributed by atoms with van der Waals surface area (Å²) in [6.45, 7) is 1.21. The molecule has 0 unspecified atom stereocenters. The number of nitrogens with zero attached hydrogens (tertiary/aromatic N) is 3. The van der Waals surface area contributed by atoms with E-state index in [0.29, 0.717) is 23.9 Å². The molecule has 1 aliphatic heterocycles. The molecule has 3 rings (SSSR count). The molecule has 110 valence electrons. The van der Waals surface area contributed by atoms with Crippen LogP contribution >= 0.6 is 11.6 Å². The second-order valence-corrected chi connectivity index (χ2v) is 5.90. The fourth-order valence-electron chi connectivity index (χ4n) is 3.19. The summed E-state index contributed by atoms with van der Waals surface area (Å²) < 4.78 is 7.26. The van der Waals surface area contributed by atoms with Crippen molar-refractivity contribution in [1.29, 1.82) is 0 Å². The molecule has 1 amide bonds. The van der Waals surface area contributed by atoms with Gasteiger partial charge in [0.05, 0.1) is 23.8 Å². The molecule has 3 atom stereocenters. The Bertz CT molecular complexity index is 519. The summed E-state index contributed by atoms with van der Waals surface area (Å²) in [5, 5.41) is 13.8. The molecule has 1 aromatic rings. The van der Waals surface area contributed by atoms with Crippen molar-refractivity contribution in [2.45, 2.75) is 25.0 Å². The number of aryl methyl sites for hydroxylation is 1. The average Bonchev–Trinajstić information content (AvgIpc) is 3.00. The maximum absolute atomic E-state index is 12.6. The van der Waals surface area contributed by atoms with Gasteiger partial charge in [-0.2, -0.15) is 5.10 Å². The zero-order chi connectivity index (χ0) is 14.3. The van der Waals surface area contributed by atoms with Crippen LogP contribution in [-0.2, 0) is 11.8 Å². The number of fused-ring (bicyclic) bond motifs is 1. The summed E-state index contributed by atoms with van der Waals surface area (Å²) in [6.07, 6.45) is 3.23. The quantitative estimate of drug-likeness (QED) is 0.872. The van der Waals surface area contributed by atoms with Gasteiger partial charge >= 0.3 is 0 Å². The second-order valence-electron chi connectivity index (χ2n) is 5.49. The normalized spacial score (nSPS) is 29.6. The lowest BCUT2D eigenvalue weighted by Gasteiger charge is -2.37. The molecule has 0 spiro atoms. The Hall–Kier alpha value is -1.11. The first-order valence-electron chi connectivity index (χ1n) is 6.82. The predicted octanol–water partition coefficient (Wildman–Crippen LogP) is 0.685. The molecule has 0 aromatic carbocycles. The van der Waals surface area contributed by atoms with Crippen molar-refractivity contribution >= 4 is 17.5 Å². The molecular weight excluding hydrogens is 282 g/mol. The third-order valence-electron chi connectivity index (χ3n) is 4.14. The Labute approximate surface area is 122 Å². The molecule has 2 fully saturated rings. The van der Waals surface area contributed by atoms with Crippen LogP contribution in [0.15, 0.2) is 6.20 Å². The Morgan fingerprint density at radius 2 is 2.40 bits per heavy atom. The smallest absolute Gasteiger partial charge is 0.276 e. The van der Waals surface area contributed by atoms with E-state index in [1.54, 1.807) is 22.8 Å². The third-order valence-corrected chi connectivity index (χ3v) is 4.42. The van der Waals surface area contributed by atoms with Crippen molar-refractivity contribution in [2.24, 2.45) is 13.0 Å². The number of hydrogen-bond acceptors (Lipinski definition) is 4. The number of ether oxygens (including phenoxy) is 1. The summed E-state index contributed by atoms with van der Waals surface area (Å²) in [5.74, 6) is 0.0603. The van der Waals surface area contributed by atoms with Crippen LogP contribution in [0.25, 0.3) is 0 Å². The van der Waals surface area contributed by atoms with Gasteiger partial charge in [-0.15, -0.1) is 0 Å². The Morgan fingerprint density at radius 3 is 3.05 bits per heavy atom. The molecule has 20 heavy (non-hydrogen) atoms. The summed E-state index contributed by atoms with van der Waals surface area (Å²) in [5.41, 5.74) is 0.294. The highest BCUT2D eigenvalue weighted by Crippen LogP contribution is 2.35. The van der Waals surface area contributed by atoms with Crippen molar-refractivity contribution in [3.05, 3.63) is 16.9 Å². The van der Waals surface area contributed by atoms with Gasteiger partial charge < -0.3 is 14.7 Å². The number of aliphatic hydroxyl groups is 1. The molecule has 7 heteroatoms. The van der Waals surface area contributed by atoms with E-state index < -0.39 is 0 Å². The van der Waals surface area contributed by atoms with Crippen LogP contribution in [0, 0.1) is 5.92 Å². The number of halogens is 1. The summed E-state index contributed by atoms with van der Waals surface area (Å²) in [4.78, 5) is 14.4. The maximum atomic E-state index is 12.6. The fourth-order valence-corrected chi connectivity index (χ4v) is 3.45. The van der Waals surface area contributed by atoms with Gasteiger partial charge in [0.2, 0.25) is 0 Å². The maximum Gasteiger partial charge on any atom is 0.276 e. The lowest BCUT2D eigenvalue weighted by molar-refractivity contribution is -0.0450. The molecule has 1 N–H and O–H groups in total. The minimum atomic E-state index is -0.146. The minimum absolute atomic E-state index is 0.0199. The molecule has 6 nitrogen and oxygen atoms in total. The number of carbonyl (C=O) groups excluding carboxylic acids is 1. The molecule has 1 aliphatic carbocycles. The zero-order valence-electron chi connectivity index (χ0n) is 11.3. The summed E-state index contributed by atoms with van der Waals surface area (Å²) in [6, 6.07) is 0.0199. The lowest BCUT2D eigenvalue weighted by atomic mass is 10.1. The summed E-state index contributed by atoms with van der Waals surface area (Å²) in [7, 11) is 1.74. The number of rotatable bonds is 2. The van der Waals surface area contributed by atoms with Crippen LogP contribution in [-0.4, -0.2) is 57.6 Å². The molecule has 2 aliphatic rings. The lowest BCUT2D eigenvalue weighted by Crippen LogP contribution is -2.51. The SMILES string of the molecule is Cn1cc(Cl)c(C(=O)N2CCO[C@H]3C[C@H](CO)C[C@@H]32)n1. The van der Waals surface area contributed by atoms with Gasteiger partial charge in [-0.25, -0.2) is 0 Å². The van der Waals surface area contributed by atoms with Crippen molar-refractivity contribution in [2.75, 3.05) is 19.8 Å². The fraction of sp³-hybridized carbons (Fsp3) is 0.692. The monoisotopic (exact) mass is 299 g/mol. The van der Waals surface area contributed by atoms with Crippen molar-refractivity contribution in [1.82, 2.24) is 14.7 Å². The largest absolute Gasteiger partial charge is 0.396 e. The molecular formula is C13H18ClN3O3. The van der Waals surface area contributed by atoms with Crippen LogP contribution < -0.4 is 0 Å². The molecule has 1 saturated carbocycles. The molecule has 1 aromatic heterocycles. The number of aromatic nitrogens is 2. The highest BCUT2D eigenvalue weighted by atomic mass is 35.5. The number of hydrogen-bond donors (Lipinski definition) is 1. The number of amides is 1. The van der Waals surface area contributed by atoms with Crippen LogP contribution in [0.5, 0.6) is 0 Å². The zero-order valence-corrected chi connectivity index (χ0v) is 12.1. The average molecular weight is 300 g/mol. The molecule has 0 bridgehead atoms. The number of carbonyl (C=O) groups is 1. The highest BCUT2D eigenvalue weighted by Gasteiger charge is 2.43. The van der Waals surface area contributed by atoms with Crippen LogP contribution in [0.1, 0.15) is 23.3 Å². The van der Waals surface area contributed by atoms with Crippen LogP contribution in [0.4, 0.5) is 0 Å². The van der Waals surface area contributed by atoms with Crippen molar-refractivity contribution in [3.63, 3.8) is 0 Å². The summed E-state index contributed by atoms with van der Waals surface area (Å²) >= 11 is 6.06. The van der Waals surface area contributed by atoms with Gasteiger partial charge in [0.1, 0.15) is 0 Å². The molecule has 2 heterocycles. The number of aliphatic hydroxyl groups excluding tert-OH is 1. The van der Waals surface area contributed by atoms with Gasteiger partial charge in [-0.1, -0.05) is 11.6 Å². The Morgan fingerprint density at radius 1 is 1.60 bits per heavy atom. The van der Waals surface area contributed by atoms with Gasteiger partial charge in [0, 0.05) is 26.4 Å². The highest BCUT2D eigenvalue weighted by molar-refractivity contribution is 6.33. The van der Waals surface area contributed by atoms with Gasteiger partial charge in [0.25, 0.3) is 5.91 Å². The van der Waals surface area contributed by atoms with E-state index in [4.69, 9.17) is 16.3 Å². The Balaban J connectivity index is 1.82. The number of morpholine rings is 1. The van der Waals surface area contributed by atoms with Gasteiger partial charge in [0.15, 0.2) is 5.69 Å². The Kier molecular flexibility index (Phi) is 3.70. The van der Waals surface area contributed by atoms with E-state index >= 15 is 0 Å².